The molecule has 31 heavy (non-hydrogen) atoms. The summed E-state index contributed by atoms with van der Waals surface area (Å²) in [5.41, 5.74) is 4.34. The fourth-order valence-corrected chi connectivity index (χ4v) is 2.81. The molecule has 0 bridgehead atoms. The number of fused-ring (bicyclic) bond motifs is 1. The van der Waals surface area contributed by atoms with Crippen molar-refractivity contribution in [2.45, 2.75) is 6.61 Å². The molecule has 0 fully saturated rings. The lowest BCUT2D eigenvalue weighted by Crippen LogP contribution is -1.99. The van der Waals surface area contributed by atoms with E-state index < -0.39 is 4.92 Å². The summed E-state index contributed by atoms with van der Waals surface area (Å²) in [6.07, 6.45) is 2.74. The lowest BCUT2D eigenvalue weighted by atomic mass is 10.2. The lowest BCUT2D eigenvalue weighted by Gasteiger charge is -2.11. The molecule has 1 aliphatic rings. The van der Waals surface area contributed by atoms with Gasteiger partial charge in [0.05, 0.1) is 18.2 Å². The Kier molecular flexibility index (Phi) is 5.79. The van der Waals surface area contributed by atoms with E-state index in [0.717, 1.165) is 23.1 Å². The highest BCUT2D eigenvalue weighted by Gasteiger charge is 2.14. The van der Waals surface area contributed by atoms with Crippen LogP contribution < -0.4 is 24.4 Å². The fraction of sp³-hybridized carbons (Fsp3) is 0.143. The first-order chi connectivity index (χ1) is 15.1. The number of hydrazone groups is 1. The van der Waals surface area contributed by atoms with E-state index in [9.17, 15) is 10.1 Å². The minimum absolute atomic E-state index is 0.0874. The molecule has 1 aromatic heterocycles. The van der Waals surface area contributed by atoms with Crippen LogP contribution in [0.3, 0.4) is 0 Å². The van der Waals surface area contributed by atoms with Gasteiger partial charge in [0.1, 0.15) is 18.6 Å². The molecule has 0 saturated carbocycles. The summed E-state index contributed by atoms with van der Waals surface area (Å²) in [6.45, 7) is 0.569. The van der Waals surface area contributed by atoms with Crippen LogP contribution >= 0.6 is 0 Å². The summed E-state index contributed by atoms with van der Waals surface area (Å²) in [6, 6.07) is 13.9. The van der Waals surface area contributed by atoms with Gasteiger partial charge in [0, 0.05) is 6.07 Å². The number of rotatable bonds is 8. The van der Waals surface area contributed by atoms with E-state index in [2.05, 4.69) is 15.5 Å². The predicted molar refractivity (Wildman–Crippen MR) is 112 cm³/mol. The Hall–Kier alpha value is -4.34. The molecule has 1 aliphatic heterocycles. The Morgan fingerprint density at radius 3 is 2.81 bits per heavy atom. The molecule has 0 unspecified atom stereocenters. The number of aromatic nitrogens is 1. The monoisotopic (exact) mass is 422 g/mol. The number of benzene rings is 2. The Balaban J connectivity index is 1.38. The van der Waals surface area contributed by atoms with Gasteiger partial charge < -0.3 is 18.9 Å². The first-order valence-corrected chi connectivity index (χ1v) is 9.21. The molecule has 158 valence electrons. The van der Waals surface area contributed by atoms with Crippen molar-refractivity contribution < 1.29 is 23.9 Å². The van der Waals surface area contributed by atoms with Gasteiger partial charge in [-0.2, -0.15) is 5.10 Å². The molecule has 0 atom stereocenters. The number of nitro groups is 1. The maximum Gasteiger partial charge on any atom is 0.287 e. The fourth-order valence-electron chi connectivity index (χ4n) is 2.81. The topological polar surface area (TPSA) is 117 Å². The summed E-state index contributed by atoms with van der Waals surface area (Å²) >= 11 is 0. The van der Waals surface area contributed by atoms with Crippen LogP contribution in [0.4, 0.5) is 11.5 Å². The van der Waals surface area contributed by atoms with Crippen molar-refractivity contribution in [2.75, 3.05) is 19.3 Å². The third-order valence-corrected chi connectivity index (χ3v) is 4.37. The van der Waals surface area contributed by atoms with Crippen molar-refractivity contribution >= 4 is 17.7 Å². The minimum atomic E-state index is -0.511. The number of methoxy groups -OCH3 is 1. The third-order valence-electron chi connectivity index (χ3n) is 4.37. The summed E-state index contributed by atoms with van der Waals surface area (Å²) in [4.78, 5) is 14.1. The number of hydrogen-bond donors (Lipinski definition) is 1. The zero-order valence-electron chi connectivity index (χ0n) is 16.5. The van der Waals surface area contributed by atoms with Crippen LogP contribution in [0.25, 0.3) is 0 Å². The number of ether oxygens (including phenoxy) is 4. The zero-order valence-corrected chi connectivity index (χ0v) is 16.5. The molecule has 2 heterocycles. The molecule has 2 aromatic carbocycles. The Bertz CT molecular complexity index is 1120. The van der Waals surface area contributed by atoms with E-state index in [1.165, 1.54) is 12.1 Å². The molecule has 0 spiro atoms. The minimum Gasteiger partial charge on any atom is -0.493 e. The second-order valence-corrected chi connectivity index (χ2v) is 6.42. The summed E-state index contributed by atoms with van der Waals surface area (Å²) < 4.78 is 22.0. The van der Waals surface area contributed by atoms with Crippen LogP contribution in [-0.2, 0) is 6.61 Å². The van der Waals surface area contributed by atoms with Crippen molar-refractivity contribution in [3.63, 3.8) is 0 Å². The van der Waals surface area contributed by atoms with Crippen LogP contribution in [0, 0.1) is 10.1 Å². The van der Waals surface area contributed by atoms with E-state index in [-0.39, 0.29) is 12.5 Å². The predicted octanol–water partition coefficient (Wildman–Crippen LogP) is 3.75. The highest BCUT2D eigenvalue weighted by molar-refractivity contribution is 5.81. The summed E-state index contributed by atoms with van der Waals surface area (Å²) in [5, 5.41) is 14.7. The van der Waals surface area contributed by atoms with Gasteiger partial charge in [0.2, 0.25) is 6.79 Å². The zero-order chi connectivity index (χ0) is 21.6. The first-order valence-electron chi connectivity index (χ1n) is 9.21. The van der Waals surface area contributed by atoms with Gasteiger partial charge in [0.25, 0.3) is 5.69 Å². The van der Waals surface area contributed by atoms with Crippen LogP contribution in [0.5, 0.6) is 23.0 Å². The van der Waals surface area contributed by atoms with Crippen LogP contribution in [-0.4, -0.2) is 30.0 Å². The molecule has 1 N–H and O–H groups in total. The van der Waals surface area contributed by atoms with Crippen molar-refractivity contribution in [1.29, 1.82) is 0 Å². The van der Waals surface area contributed by atoms with Gasteiger partial charge in [-0.15, -0.1) is 0 Å². The average molecular weight is 422 g/mol. The average Bonchev–Trinajstić information content (AvgIpc) is 3.26. The molecule has 0 amide bonds. The molecule has 10 heteroatoms. The van der Waals surface area contributed by atoms with Gasteiger partial charge in [0.15, 0.2) is 23.0 Å². The molecule has 0 aliphatic carbocycles. The normalized spacial score (nSPS) is 12.0. The number of nitrogens with zero attached hydrogens (tertiary/aromatic N) is 3. The molecule has 0 saturated heterocycles. The number of nitrogens with one attached hydrogen (secondary N) is 1. The molecule has 0 radical (unpaired) electrons. The highest BCUT2D eigenvalue weighted by Crippen LogP contribution is 2.33. The van der Waals surface area contributed by atoms with Crippen molar-refractivity contribution in [2.24, 2.45) is 5.10 Å². The second kappa shape index (κ2) is 8.99. The van der Waals surface area contributed by atoms with E-state index in [4.69, 9.17) is 18.9 Å². The quantitative estimate of drug-likeness (QED) is 0.331. The van der Waals surface area contributed by atoms with Gasteiger partial charge in [-0.05, 0) is 47.5 Å². The Morgan fingerprint density at radius 1 is 1.16 bits per heavy atom. The van der Waals surface area contributed by atoms with E-state index in [0.29, 0.717) is 29.7 Å². The number of anilines is 1. The first kappa shape index (κ1) is 20.0. The van der Waals surface area contributed by atoms with Gasteiger partial charge >= 0.3 is 0 Å². The number of pyridine rings is 1. The van der Waals surface area contributed by atoms with E-state index >= 15 is 0 Å². The lowest BCUT2D eigenvalue weighted by molar-refractivity contribution is -0.385. The van der Waals surface area contributed by atoms with Crippen molar-refractivity contribution in [3.05, 3.63) is 76.0 Å². The molecule has 3 aromatic rings. The Morgan fingerprint density at radius 2 is 2.03 bits per heavy atom. The van der Waals surface area contributed by atoms with Crippen LogP contribution in [0.15, 0.2) is 59.8 Å². The standard InChI is InChI=1S/C21H18N4O6/c1-28-19-8-14(10-23-24-21-7-4-16(11-22-21)25(26)27)2-5-17(19)29-12-15-3-6-18-20(9-15)31-13-30-18/h2-11H,12-13H2,1H3,(H,22,24)/b23-10+. The van der Waals surface area contributed by atoms with Gasteiger partial charge in [-0.3, -0.25) is 15.5 Å². The maximum atomic E-state index is 10.7. The van der Waals surface area contributed by atoms with E-state index in [1.54, 1.807) is 25.5 Å². The third kappa shape index (κ3) is 4.81. The maximum absolute atomic E-state index is 10.7. The highest BCUT2D eigenvalue weighted by atomic mass is 16.7. The smallest absolute Gasteiger partial charge is 0.287 e. The van der Waals surface area contributed by atoms with Crippen LogP contribution in [0.1, 0.15) is 11.1 Å². The Labute approximate surface area is 177 Å². The molecular formula is C21H18N4O6. The number of hydrogen-bond acceptors (Lipinski definition) is 9. The largest absolute Gasteiger partial charge is 0.493 e. The van der Waals surface area contributed by atoms with E-state index in [1.807, 2.05) is 24.3 Å². The van der Waals surface area contributed by atoms with Gasteiger partial charge in [-0.25, -0.2) is 4.98 Å². The van der Waals surface area contributed by atoms with Gasteiger partial charge in [-0.1, -0.05) is 6.07 Å². The SMILES string of the molecule is COc1cc(/C=N/Nc2ccc([N+](=O)[O-])cn2)ccc1OCc1ccc2c(c1)OCO2. The van der Waals surface area contributed by atoms with Crippen LogP contribution in [0.2, 0.25) is 0 Å². The molecular weight excluding hydrogens is 404 g/mol. The second-order valence-electron chi connectivity index (χ2n) is 6.42. The molecule has 10 nitrogen and oxygen atoms in total. The van der Waals surface area contributed by atoms with Crippen molar-refractivity contribution in [1.82, 2.24) is 4.98 Å². The molecule has 4 rings (SSSR count). The summed E-state index contributed by atoms with van der Waals surface area (Å²) in [7, 11) is 1.56. The summed E-state index contributed by atoms with van der Waals surface area (Å²) in [5.74, 6) is 2.95. The van der Waals surface area contributed by atoms with Crippen molar-refractivity contribution in [3.8, 4) is 23.0 Å².